The van der Waals surface area contributed by atoms with Gasteiger partial charge < -0.3 is 9.84 Å². The number of nitriles is 1. The van der Waals surface area contributed by atoms with Crippen LogP contribution in [0.2, 0.25) is 0 Å². The number of imide groups is 1. The summed E-state index contributed by atoms with van der Waals surface area (Å²) in [5.74, 6) is -1.17. The number of carbonyl (C=O) groups excluding carboxylic acids is 2. The van der Waals surface area contributed by atoms with E-state index in [1.54, 1.807) is 48.5 Å². The Balaban J connectivity index is 1.78. The molecule has 2 aromatic rings. The van der Waals surface area contributed by atoms with E-state index in [1.807, 2.05) is 0 Å². The van der Waals surface area contributed by atoms with Crippen LogP contribution in [0.25, 0.3) is 6.08 Å². The van der Waals surface area contributed by atoms with E-state index in [1.165, 1.54) is 0 Å². The highest BCUT2D eigenvalue weighted by Gasteiger charge is 2.35. The third kappa shape index (κ3) is 4.85. The minimum atomic E-state index is -1.09. The first-order valence-corrected chi connectivity index (χ1v) is 9.87. The number of thioether (sulfide) groups is 1. The number of benzene rings is 2. The first-order chi connectivity index (χ1) is 13.9. The Morgan fingerprint density at radius 3 is 2.72 bits per heavy atom. The van der Waals surface area contributed by atoms with Crippen molar-refractivity contribution in [1.82, 2.24) is 4.90 Å². The highest BCUT2D eigenvalue weighted by atomic mass is 79.9. The topological polar surface area (TPSA) is 108 Å². The molecule has 0 spiro atoms. The van der Waals surface area contributed by atoms with Crippen molar-refractivity contribution in [1.29, 1.82) is 5.26 Å². The minimum Gasteiger partial charge on any atom is -0.481 e. The van der Waals surface area contributed by atoms with E-state index in [2.05, 4.69) is 22.0 Å². The fourth-order valence-electron chi connectivity index (χ4n) is 2.59. The van der Waals surface area contributed by atoms with Crippen LogP contribution in [-0.4, -0.2) is 33.7 Å². The van der Waals surface area contributed by atoms with Crippen LogP contribution in [-0.2, 0) is 16.1 Å². The first-order valence-electron chi connectivity index (χ1n) is 8.26. The van der Waals surface area contributed by atoms with E-state index in [-0.39, 0.29) is 11.4 Å². The van der Waals surface area contributed by atoms with Gasteiger partial charge in [0.25, 0.3) is 11.1 Å². The Labute approximate surface area is 178 Å². The van der Waals surface area contributed by atoms with Gasteiger partial charge in [-0.25, -0.2) is 4.79 Å². The lowest BCUT2D eigenvalue weighted by Crippen LogP contribution is -2.27. The molecule has 0 aromatic heterocycles. The molecule has 7 nitrogen and oxygen atoms in total. The van der Waals surface area contributed by atoms with Crippen LogP contribution < -0.4 is 4.74 Å². The van der Waals surface area contributed by atoms with Crippen LogP contribution in [0.3, 0.4) is 0 Å². The van der Waals surface area contributed by atoms with E-state index in [4.69, 9.17) is 9.84 Å². The molecule has 2 aromatic carbocycles. The van der Waals surface area contributed by atoms with E-state index in [9.17, 15) is 19.6 Å². The number of carbonyl (C=O) groups is 3. The Morgan fingerprint density at radius 2 is 2.03 bits per heavy atom. The summed E-state index contributed by atoms with van der Waals surface area (Å²) in [7, 11) is 0. The first kappa shape index (κ1) is 20.6. The molecule has 2 amide bonds. The molecule has 0 aliphatic carbocycles. The number of hydrogen-bond donors (Lipinski definition) is 1. The zero-order valence-corrected chi connectivity index (χ0v) is 17.2. The summed E-state index contributed by atoms with van der Waals surface area (Å²) in [5, 5.41) is 17.5. The minimum absolute atomic E-state index is 0.0252. The fraction of sp³-hybridized carbons (Fsp3) is 0.100. The predicted molar refractivity (Wildman–Crippen MR) is 110 cm³/mol. The molecule has 1 fully saturated rings. The molecule has 9 heteroatoms. The Kier molecular flexibility index (Phi) is 6.36. The molecule has 1 N–H and O–H groups in total. The van der Waals surface area contributed by atoms with Gasteiger partial charge in [0.2, 0.25) is 0 Å². The number of ether oxygens (including phenoxy) is 1. The van der Waals surface area contributed by atoms with Crippen molar-refractivity contribution >= 4 is 50.9 Å². The summed E-state index contributed by atoms with van der Waals surface area (Å²) in [6.45, 7) is -0.446. The van der Waals surface area contributed by atoms with Gasteiger partial charge in [-0.15, -0.1) is 0 Å². The molecule has 3 rings (SSSR count). The van der Waals surface area contributed by atoms with Gasteiger partial charge in [-0.05, 0) is 63.1 Å². The number of halogens is 1. The van der Waals surface area contributed by atoms with Gasteiger partial charge in [-0.2, -0.15) is 5.26 Å². The fourth-order valence-corrected chi connectivity index (χ4v) is 3.94. The third-order valence-corrected chi connectivity index (χ3v) is 5.47. The normalized spacial score (nSPS) is 14.9. The van der Waals surface area contributed by atoms with Gasteiger partial charge >= 0.3 is 5.97 Å². The van der Waals surface area contributed by atoms with Crippen molar-refractivity contribution in [2.75, 3.05) is 6.61 Å². The number of nitrogens with zero attached hydrogens (tertiary/aromatic N) is 2. The molecule has 0 bridgehead atoms. The summed E-state index contributed by atoms with van der Waals surface area (Å²) in [6, 6.07) is 13.8. The van der Waals surface area contributed by atoms with Crippen molar-refractivity contribution in [3.63, 3.8) is 0 Å². The molecule has 0 atom stereocenters. The van der Waals surface area contributed by atoms with Crippen molar-refractivity contribution < 1.29 is 24.2 Å². The van der Waals surface area contributed by atoms with E-state index in [0.29, 0.717) is 26.9 Å². The van der Waals surface area contributed by atoms with Gasteiger partial charge in [0.1, 0.15) is 5.75 Å². The second kappa shape index (κ2) is 8.94. The standard InChI is InChI=1S/C20H13BrN2O5S/c21-15-7-12(5-6-16(15)28-11-18(24)25)8-17-19(26)23(20(27)29-17)10-14-4-2-1-3-13(14)9-22/h1-8H,10-11H2,(H,24,25). The van der Waals surface area contributed by atoms with Crippen LogP contribution in [0.1, 0.15) is 16.7 Å². The van der Waals surface area contributed by atoms with Crippen molar-refractivity contribution in [3.05, 3.63) is 68.5 Å². The lowest BCUT2D eigenvalue weighted by Gasteiger charge is -2.13. The molecule has 1 aliphatic heterocycles. The van der Waals surface area contributed by atoms with Crippen molar-refractivity contribution in [2.45, 2.75) is 6.54 Å². The number of rotatable bonds is 6. The molecular formula is C20H13BrN2O5S. The molecule has 146 valence electrons. The molecule has 29 heavy (non-hydrogen) atoms. The Bertz CT molecular complexity index is 1080. The number of aliphatic carboxylic acids is 1. The summed E-state index contributed by atoms with van der Waals surface area (Å²) in [4.78, 5) is 37.0. The quantitative estimate of drug-likeness (QED) is 0.632. The maximum absolute atomic E-state index is 12.7. The molecule has 0 unspecified atom stereocenters. The molecule has 1 saturated heterocycles. The smallest absolute Gasteiger partial charge is 0.341 e. The predicted octanol–water partition coefficient (Wildman–Crippen LogP) is 4.02. The average molecular weight is 473 g/mol. The summed E-state index contributed by atoms with van der Waals surface area (Å²) >= 11 is 4.12. The van der Waals surface area contributed by atoms with E-state index in [0.717, 1.165) is 16.7 Å². The van der Waals surface area contributed by atoms with Gasteiger partial charge in [-0.1, -0.05) is 24.3 Å². The maximum Gasteiger partial charge on any atom is 0.341 e. The molecule has 0 radical (unpaired) electrons. The van der Waals surface area contributed by atoms with Crippen molar-refractivity contribution in [3.8, 4) is 11.8 Å². The largest absolute Gasteiger partial charge is 0.481 e. The van der Waals surface area contributed by atoms with Crippen molar-refractivity contribution in [2.24, 2.45) is 0 Å². The zero-order valence-electron chi connectivity index (χ0n) is 14.8. The number of carboxylic acids is 1. The lowest BCUT2D eigenvalue weighted by molar-refractivity contribution is -0.139. The number of hydrogen-bond acceptors (Lipinski definition) is 6. The second-order valence-electron chi connectivity index (χ2n) is 5.91. The van der Waals surface area contributed by atoms with Crippen LogP contribution in [0, 0.1) is 11.3 Å². The molecule has 0 saturated carbocycles. The molecule has 1 aliphatic rings. The summed E-state index contributed by atoms with van der Waals surface area (Å²) in [5.41, 5.74) is 1.65. The van der Waals surface area contributed by atoms with Gasteiger partial charge in [0, 0.05) is 0 Å². The Morgan fingerprint density at radius 1 is 1.28 bits per heavy atom. The number of amides is 2. The van der Waals surface area contributed by atoms with Crippen LogP contribution in [0.4, 0.5) is 4.79 Å². The second-order valence-corrected chi connectivity index (χ2v) is 7.76. The maximum atomic E-state index is 12.7. The van der Waals surface area contributed by atoms with Crippen LogP contribution >= 0.6 is 27.7 Å². The SMILES string of the molecule is N#Cc1ccccc1CN1C(=O)SC(=Cc2ccc(OCC(=O)O)c(Br)c2)C1=O. The van der Waals surface area contributed by atoms with Crippen LogP contribution in [0.15, 0.2) is 51.8 Å². The van der Waals surface area contributed by atoms with Crippen LogP contribution in [0.5, 0.6) is 5.75 Å². The van der Waals surface area contributed by atoms with Gasteiger partial charge in [0.15, 0.2) is 6.61 Å². The average Bonchev–Trinajstić information content (AvgIpc) is 2.95. The van der Waals surface area contributed by atoms with Gasteiger partial charge in [-0.3, -0.25) is 14.5 Å². The summed E-state index contributed by atoms with van der Waals surface area (Å²) in [6.07, 6.45) is 1.58. The van der Waals surface area contributed by atoms with E-state index >= 15 is 0 Å². The van der Waals surface area contributed by atoms with E-state index < -0.39 is 23.7 Å². The highest BCUT2D eigenvalue weighted by Crippen LogP contribution is 2.35. The van der Waals surface area contributed by atoms with Gasteiger partial charge in [0.05, 0.1) is 27.6 Å². The Hall–Kier alpha value is -3.09. The monoisotopic (exact) mass is 472 g/mol. The zero-order chi connectivity index (χ0) is 21.0. The highest BCUT2D eigenvalue weighted by molar-refractivity contribution is 9.10. The summed E-state index contributed by atoms with van der Waals surface area (Å²) < 4.78 is 5.66. The molecular weight excluding hydrogens is 460 g/mol. The molecule has 1 heterocycles. The third-order valence-electron chi connectivity index (χ3n) is 3.94. The lowest BCUT2D eigenvalue weighted by atomic mass is 10.1. The number of carboxylic acid groups (broad SMARTS) is 1.